The van der Waals surface area contributed by atoms with E-state index >= 15 is 0 Å². The monoisotopic (exact) mass is 275 g/mol. The summed E-state index contributed by atoms with van der Waals surface area (Å²) in [7, 11) is -2.81. The van der Waals surface area contributed by atoms with Crippen LogP contribution in [0, 0.1) is 11.8 Å². The quantitative estimate of drug-likeness (QED) is 0.740. The summed E-state index contributed by atoms with van der Waals surface area (Å²) in [6, 6.07) is 0.518. The summed E-state index contributed by atoms with van der Waals surface area (Å²) in [5, 5.41) is 3.63. The van der Waals surface area contributed by atoms with Crippen LogP contribution in [-0.2, 0) is 9.84 Å². The molecule has 1 fully saturated rings. The zero-order valence-corrected chi connectivity index (χ0v) is 12.9. The van der Waals surface area contributed by atoms with Gasteiger partial charge in [0.2, 0.25) is 0 Å². The van der Waals surface area contributed by atoms with E-state index < -0.39 is 9.84 Å². The lowest BCUT2D eigenvalue weighted by Crippen LogP contribution is -2.38. The number of hydrogen-bond acceptors (Lipinski definition) is 3. The highest BCUT2D eigenvalue weighted by molar-refractivity contribution is 7.90. The molecule has 0 aromatic heterocycles. The Morgan fingerprint density at radius 1 is 1.33 bits per heavy atom. The fraction of sp³-hybridized carbons (Fsp3) is 1.00. The molecule has 1 N–H and O–H groups in total. The first-order valence-electron chi connectivity index (χ1n) is 7.35. The van der Waals surface area contributed by atoms with Crippen LogP contribution in [0.5, 0.6) is 0 Å². The lowest BCUT2D eigenvalue weighted by atomic mass is 9.87. The molecular formula is C14H29NO2S. The highest BCUT2D eigenvalue weighted by Crippen LogP contribution is 2.35. The van der Waals surface area contributed by atoms with Gasteiger partial charge in [0.15, 0.2) is 0 Å². The minimum atomic E-state index is -2.81. The van der Waals surface area contributed by atoms with E-state index in [1.807, 2.05) is 0 Å². The van der Waals surface area contributed by atoms with Crippen LogP contribution in [0.1, 0.15) is 52.4 Å². The molecule has 3 atom stereocenters. The molecule has 0 heterocycles. The highest BCUT2D eigenvalue weighted by Gasteiger charge is 2.30. The lowest BCUT2D eigenvalue weighted by Gasteiger charge is -2.28. The van der Waals surface area contributed by atoms with E-state index in [2.05, 4.69) is 19.2 Å². The van der Waals surface area contributed by atoms with Gasteiger partial charge in [-0.1, -0.05) is 26.7 Å². The van der Waals surface area contributed by atoms with Gasteiger partial charge in [-0.25, -0.2) is 8.42 Å². The van der Waals surface area contributed by atoms with Crippen LogP contribution >= 0.6 is 0 Å². The van der Waals surface area contributed by atoms with Gasteiger partial charge >= 0.3 is 0 Å². The van der Waals surface area contributed by atoms with E-state index in [0.29, 0.717) is 11.8 Å². The van der Waals surface area contributed by atoms with E-state index in [-0.39, 0.29) is 0 Å². The molecule has 3 unspecified atom stereocenters. The molecule has 1 saturated carbocycles. The molecule has 3 nitrogen and oxygen atoms in total. The van der Waals surface area contributed by atoms with E-state index in [4.69, 9.17) is 0 Å². The third kappa shape index (κ3) is 5.70. The van der Waals surface area contributed by atoms with E-state index in [1.165, 1.54) is 25.5 Å². The van der Waals surface area contributed by atoms with Gasteiger partial charge < -0.3 is 5.32 Å². The first kappa shape index (κ1) is 16.0. The van der Waals surface area contributed by atoms with Crippen molar-refractivity contribution in [3.63, 3.8) is 0 Å². The van der Waals surface area contributed by atoms with Crippen molar-refractivity contribution in [2.45, 2.75) is 58.4 Å². The molecule has 18 heavy (non-hydrogen) atoms. The average molecular weight is 275 g/mol. The molecule has 0 spiro atoms. The maximum atomic E-state index is 11.2. The van der Waals surface area contributed by atoms with Gasteiger partial charge in [-0.05, 0) is 44.1 Å². The van der Waals surface area contributed by atoms with Crippen molar-refractivity contribution in [2.75, 3.05) is 18.6 Å². The summed E-state index contributed by atoms with van der Waals surface area (Å²) in [5.41, 5.74) is 0. The van der Waals surface area contributed by atoms with Crippen molar-refractivity contribution < 1.29 is 8.42 Å². The van der Waals surface area contributed by atoms with Gasteiger partial charge in [0.1, 0.15) is 9.84 Å². The van der Waals surface area contributed by atoms with E-state index in [9.17, 15) is 8.42 Å². The zero-order chi connectivity index (χ0) is 13.6. The van der Waals surface area contributed by atoms with Crippen LogP contribution in [0.2, 0.25) is 0 Å². The fourth-order valence-corrected chi connectivity index (χ4v) is 3.83. The molecule has 0 aromatic carbocycles. The summed E-state index contributed by atoms with van der Waals surface area (Å²) >= 11 is 0. The van der Waals surface area contributed by atoms with Crippen molar-refractivity contribution in [1.29, 1.82) is 0 Å². The van der Waals surface area contributed by atoms with E-state index in [0.717, 1.165) is 37.6 Å². The van der Waals surface area contributed by atoms with Crippen LogP contribution in [0.3, 0.4) is 0 Å². The number of nitrogens with one attached hydrogen (secondary N) is 1. The van der Waals surface area contributed by atoms with Crippen LogP contribution in [0.4, 0.5) is 0 Å². The molecular weight excluding hydrogens is 246 g/mol. The Labute approximate surface area is 113 Å². The Hall–Kier alpha value is -0.0900. The SMILES string of the molecule is CCCNC(CCCS(C)(=O)=O)C1CCCC1C. The maximum Gasteiger partial charge on any atom is 0.147 e. The standard InChI is InChI=1S/C14H29NO2S/c1-4-10-15-14(9-6-11-18(3,16)17)13-8-5-7-12(13)2/h12-15H,4-11H2,1-3H3. The number of sulfone groups is 1. The van der Waals surface area contributed by atoms with Crippen molar-refractivity contribution in [3.8, 4) is 0 Å². The second-order valence-electron chi connectivity index (χ2n) is 5.90. The van der Waals surface area contributed by atoms with Gasteiger partial charge in [-0.3, -0.25) is 0 Å². The maximum absolute atomic E-state index is 11.2. The topological polar surface area (TPSA) is 46.2 Å². The Balaban J connectivity index is 2.44. The van der Waals surface area contributed by atoms with Gasteiger partial charge in [-0.15, -0.1) is 0 Å². The van der Waals surface area contributed by atoms with Crippen molar-refractivity contribution in [3.05, 3.63) is 0 Å². The molecule has 108 valence electrons. The van der Waals surface area contributed by atoms with Gasteiger partial charge in [0.25, 0.3) is 0 Å². The van der Waals surface area contributed by atoms with Gasteiger partial charge in [-0.2, -0.15) is 0 Å². The largest absolute Gasteiger partial charge is 0.314 e. The first-order chi connectivity index (χ1) is 8.44. The molecule has 1 aliphatic carbocycles. The molecule has 0 saturated heterocycles. The van der Waals surface area contributed by atoms with Crippen LogP contribution in [0.15, 0.2) is 0 Å². The predicted molar refractivity (Wildman–Crippen MR) is 77.5 cm³/mol. The zero-order valence-electron chi connectivity index (χ0n) is 12.1. The Kier molecular flexibility index (Phi) is 6.64. The smallest absolute Gasteiger partial charge is 0.147 e. The molecule has 0 radical (unpaired) electrons. The highest BCUT2D eigenvalue weighted by atomic mass is 32.2. The minimum absolute atomic E-state index is 0.332. The molecule has 0 aromatic rings. The Morgan fingerprint density at radius 2 is 2.06 bits per heavy atom. The molecule has 4 heteroatoms. The minimum Gasteiger partial charge on any atom is -0.314 e. The summed E-state index contributed by atoms with van der Waals surface area (Å²) in [4.78, 5) is 0. The second-order valence-corrected chi connectivity index (χ2v) is 8.16. The Bertz CT molecular complexity index is 327. The molecule has 0 amide bonds. The van der Waals surface area contributed by atoms with Crippen molar-refractivity contribution in [1.82, 2.24) is 5.32 Å². The average Bonchev–Trinajstić information content (AvgIpc) is 2.68. The normalized spacial score (nSPS) is 26.4. The summed E-state index contributed by atoms with van der Waals surface area (Å²) in [6.45, 7) is 5.57. The van der Waals surface area contributed by atoms with Crippen molar-refractivity contribution in [2.24, 2.45) is 11.8 Å². The molecule has 1 rings (SSSR count). The molecule has 0 aliphatic heterocycles. The molecule has 0 bridgehead atoms. The summed E-state index contributed by atoms with van der Waals surface area (Å²) in [5.74, 6) is 1.87. The van der Waals surface area contributed by atoms with Crippen LogP contribution in [0.25, 0.3) is 0 Å². The second kappa shape index (κ2) is 7.49. The number of rotatable bonds is 8. The van der Waals surface area contributed by atoms with Crippen molar-refractivity contribution >= 4 is 9.84 Å². The van der Waals surface area contributed by atoms with Gasteiger partial charge in [0, 0.05) is 18.1 Å². The third-order valence-corrected chi connectivity index (χ3v) is 5.16. The number of hydrogen-bond donors (Lipinski definition) is 1. The Morgan fingerprint density at radius 3 is 2.56 bits per heavy atom. The van der Waals surface area contributed by atoms with Crippen LogP contribution in [-0.4, -0.2) is 33.0 Å². The van der Waals surface area contributed by atoms with E-state index in [1.54, 1.807) is 0 Å². The predicted octanol–water partition coefficient (Wildman–Crippen LogP) is 2.62. The fourth-order valence-electron chi connectivity index (χ4n) is 3.13. The lowest BCUT2D eigenvalue weighted by molar-refractivity contribution is 0.282. The first-order valence-corrected chi connectivity index (χ1v) is 9.41. The third-order valence-electron chi connectivity index (χ3n) is 4.13. The van der Waals surface area contributed by atoms with Gasteiger partial charge in [0.05, 0.1) is 0 Å². The summed E-state index contributed by atoms with van der Waals surface area (Å²) in [6.07, 6.45) is 8.25. The summed E-state index contributed by atoms with van der Waals surface area (Å²) < 4.78 is 22.4. The molecule has 1 aliphatic rings. The van der Waals surface area contributed by atoms with Crippen LogP contribution < -0.4 is 5.32 Å².